The number of rotatable bonds is 4. The lowest BCUT2D eigenvalue weighted by molar-refractivity contribution is -0.334. The summed E-state index contributed by atoms with van der Waals surface area (Å²) in [5, 5.41) is 11.6. The van der Waals surface area contributed by atoms with Gasteiger partial charge in [0.25, 0.3) is 0 Å². The monoisotopic (exact) mass is 396 g/mol. The minimum atomic E-state index is -6.00. The van der Waals surface area contributed by atoms with Crippen LogP contribution in [-0.2, 0) is 5.60 Å². The number of halogens is 6. The Morgan fingerprint density at radius 2 is 1.36 bits per heavy atom. The predicted molar refractivity (Wildman–Crippen MR) is 94.3 cm³/mol. The first-order valence-corrected chi connectivity index (χ1v) is 8.15. The van der Waals surface area contributed by atoms with Crippen molar-refractivity contribution in [3.8, 4) is 0 Å². The second-order valence-corrected chi connectivity index (χ2v) is 6.29. The molecule has 28 heavy (non-hydrogen) atoms. The third-order valence-electron chi connectivity index (χ3n) is 4.41. The average molecular weight is 396 g/mol. The van der Waals surface area contributed by atoms with E-state index in [-0.39, 0.29) is 5.56 Å². The summed E-state index contributed by atoms with van der Waals surface area (Å²) in [6.07, 6.45) is -4.72. The predicted octanol–water partition coefficient (Wildman–Crippen LogP) is 6.08. The van der Waals surface area contributed by atoms with Crippen molar-refractivity contribution < 1.29 is 31.4 Å². The van der Waals surface area contributed by atoms with E-state index in [4.69, 9.17) is 0 Å². The highest BCUT2D eigenvalue weighted by Crippen LogP contribution is 2.49. The zero-order valence-corrected chi connectivity index (χ0v) is 14.2. The van der Waals surface area contributed by atoms with E-state index in [2.05, 4.69) is 0 Å². The van der Waals surface area contributed by atoms with Crippen LogP contribution in [0.25, 0.3) is 16.8 Å². The first-order chi connectivity index (χ1) is 13.0. The first-order valence-electron chi connectivity index (χ1n) is 8.15. The Bertz CT molecular complexity index is 1010. The molecule has 1 unspecified atom stereocenters. The lowest BCUT2D eigenvalue weighted by Gasteiger charge is -2.35. The van der Waals surface area contributed by atoms with E-state index < -0.39 is 29.1 Å². The second-order valence-electron chi connectivity index (χ2n) is 6.29. The van der Waals surface area contributed by atoms with Gasteiger partial charge in [0.2, 0.25) is 0 Å². The maximum absolute atomic E-state index is 14.3. The molecule has 0 aliphatic carbocycles. The van der Waals surface area contributed by atoms with E-state index in [1.54, 1.807) is 18.2 Å². The zero-order valence-electron chi connectivity index (χ0n) is 14.2. The van der Waals surface area contributed by atoms with Crippen LogP contribution < -0.4 is 0 Å². The van der Waals surface area contributed by atoms with Crippen LogP contribution >= 0.6 is 0 Å². The summed E-state index contributed by atoms with van der Waals surface area (Å²) in [7, 11) is 0. The molecule has 0 fully saturated rings. The van der Waals surface area contributed by atoms with E-state index in [1.165, 1.54) is 24.3 Å². The fourth-order valence-corrected chi connectivity index (χ4v) is 2.82. The first kappa shape index (κ1) is 19.9. The Morgan fingerprint density at radius 1 is 0.750 bits per heavy atom. The van der Waals surface area contributed by atoms with Crippen molar-refractivity contribution in [2.24, 2.45) is 0 Å². The molecule has 0 amide bonds. The molecule has 146 valence electrons. The Labute approximate surface area is 156 Å². The molecule has 3 aromatic carbocycles. The molecule has 0 spiro atoms. The van der Waals surface area contributed by atoms with Crippen LogP contribution in [0.2, 0.25) is 0 Å². The van der Waals surface area contributed by atoms with E-state index in [0.717, 1.165) is 30.3 Å². The van der Waals surface area contributed by atoms with Crippen molar-refractivity contribution >= 4 is 16.8 Å². The Kier molecular flexibility index (Phi) is 4.97. The van der Waals surface area contributed by atoms with Gasteiger partial charge < -0.3 is 5.11 Å². The lowest BCUT2D eigenvalue weighted by Crippen LogP contribution is -2.53. The molecule has 1 N–H and O–H groups in total. The van der Waals surface area contributed by atoms with Gasteiger partial charge in [-0.1, -0.05) is 54.6 Å². The third kappa shape index (κ3) is 3.49. The molecule has 0 radical (unpaired) electrons. The van der Waals surface area contributed by atoms with Gasteiger partial charge in [-0.2, -0.15) is 22.0 Å². The minimum absolute atomic E-state index is 0.151. The van der Waals surface area contributed by atoms with Crippen LogP contribution in [-0.4, -0.2) is 17.2 Å². The van der Waals surface area contributed by atoms with Crippen molar-refractivity contribution in [1.29, 1.82) is 0 Å². The van der Waals surface area contributed by atoms with Gasteiger partial charge in [-0.25, -0.2) is 4.39 Å². The molecule has 0 aromatic heterocycles. The third-order valence-corrected chi connectivity index (χ3v) is 4.41. The summed E-state index contributed by atoms with van der Waals surface area (Å²) in [6, 6.07) is 14.4. The number of hydrogen-bond acceptors (Lipinski definition) is 1. The van der Waals surface area contributed by atoms with Gasteiger partial charge in [0.15, 0.2) is 5.60 Å². The smallest absolute Gasteiger partial charge is 0.375 e. The van der Waals surface area contributed by atoms with Crippen molar-refractivity contribution in [3.05, 3.63) is 89.8 Å². The fourth-order valence-electron chi connectivity index (χ4n) is 2.82. The number of fused-ring (bicyclic) bond motifs is 1. The van der Waals surface area contributed by atoms with Crippen LogP contribution in [0.4, 0.5) is 26.3 Å². The highest BCUT2D eigenvalue weighted by Gasteiger charge is 2.69. The summed E-state index contributed by atoms with van der Waals surface area (Å²) in [6.45, 7) is 0. The molecule has 3 aromatic rings. The van der Waals surface area contributed by atoms with Crippen molar-refractivity contribution in [1.82, 2.24) is 0 Å². The van der Waals surface area contributed by atoms with Gasteiger partial charge in [0.05, 0.1) is 0 Å². The second kappa shape index (κ2) is 6.98. The Morgan fingerprint density at radius 3 is 1.96 bits per heavy atom. The SMILES string of the molecule is OC(/C=C/c1ccc(F)cc1)(c1ccc2ccccc2c1)C(F)(F)C(F)(F)F. The van der Waals surface area contributed by atoms with Gasteiger partial charge in [0.1, 0.15) is 5.82 Å². The van der Waals surface area contributed by atoms with Gasteiger partial charge in [0, 0.05) is 0 Å². The molecule has 0 saturated heterocycles. The molecular formula is C21H14F6O. The van der Waals surface area contributed by atoms with Crippen molar-refractivity contribution in [2.75, 3.05) is 0 Å². The van der Waals surface area contributed by atoms with E-state index in [0.29, 0.717) is 16.8 Å². The number of aliphatic hydroxyl groups is 1. The number of hydrogen-bond donors (Lipinski definition) is 1. The van der Waals surface area contributed by atoms with Crippen LogP contribution in [0.5, 0.6) is 0 Å². The maximum Gasteiger partial charge on any atom is 0.457 e. The molecule has 7 heteroatoms. The van der Waals surface area contributed by atoms with Gasteiger partial charge >= 0.3 is 12.1 Å². The van der Waals surface area contributed by atoms with Crippen LogP contribution in [0.15, 0.2) is 72.8 Å². The molecule has 0 aliphatic rings. The summed E-state index contributed by atoms with van der Waals surface area (Å²) in [5.41, 5.74) is -4.13. The fraction of sp³-hybridized carbons (Fsp3) is 0.143. The van der Waals surface area contributed by atoms with E-state index in [9.17, 15) is 31.4 Å². The van der Waals surface area contributed by atoms with Gasteiger partial charge in [-0.05, 0) is 46.2 Å². The van der Waals surface area contributed by atoms with Crippen molar-refractivity contribution in [2.45, 2.75) is 17.7 Å². The highest BCUT2D eigenvalue weighted by atomic mass is 19.4. The van der Waals surface area contributed by atoms with Crippen LogP contribution in [0.1, 0.15) is 11.1 Å². The lowest BCUT2D eigenvalue weighted by atomic mass is 9.84. The van der Waals surface area contributed by atoms with E-state index >= 15 is 0 Å². The molecule has 0 bridgehead atoms. The largest absolute Gasteiger partial charge is 0.457 e. The molecule has 0 aliphatic heterocycles. The molecule has 1 atom stereocenters. The molecular weight excluding hydrogens is 382 g/mol. The molecule has 0 saturated carbocycles. The topological polar surface area (TPSA) is 20.2 Å². The maximum atomic E-state index is 14.3. The van der Waals surface area contributed by atoms with Gasteiger partial charge in [-0.15, -0.1) is 0 Å². The number of alkyl halides is 5. The van der Waals surface area contributed by atoms with Crippen molar-refractivity contribution in [3.63, 3.8) is 0 Å². The summed E-state index contributed by atoms with van der Waals surface area (Å²) >= 11 is 0. The molecule has 3 rings (SSSR count). The standard InChI is InChI=1S/C21H14F6O/c22-18-9-5-14(6-10-18)11-12-19(28,20(23,24)21(25,26)27)17-8-7-15-3-1-2-4-16(15)13-17/h1-13,28H/b12-11+. The van der Waals surface area contributed by atoms with Gasteiger partial charge in [-0.3, -0.25) is 0 Å². The summed E-state index contributed by atoms with van der Waals surface area (Å²) < 4.78 is 81.0. The summed E-state index contributed by atoms with van der Waals surface area (Å²) in [5.74, 6) is -6.07. The number of benzene rings is 3. The average Bonchev–Trinajstić information content (AvgIpc) is 2.66. The minimum Gasteiger partial charge on any atom is -0.375 e. The van der Waals surface area contributed by atoms with Crippen LogP contribution in [0.3, 0.4) is 0 Å². The highest BCUT2D eigenvalue weighted by molar-refractivity contribution is 5.83. The molecule has 0 heterocycles. The zero-order chi connectivity index (χ0) is 20.6. The Hall–Kier alpha value is -2.80. The Balaban J connectivity index is 2.16. The molecule has 1 nitrogen and oxygen atoms in total. The normalized spacial score (nSPS) is 15.1. The quantitative estimate of drug-likeness (QED) is 0.530. The van der Waals surface area contributed by atoms with E-state index in [1.807, 2.05) is 0 Å². The van der Waals surface area contributed by atoms with Crippen LogP contribution in [0, 0.1) is 5.82 Å². The summed E-state index contributed by atoms with van der Waals surface area (Å²) in [4.78, 5) is 0.